The van der Waals surface area contributed by atoms with Gasteiger partial charge in [-0.3, -0.25) is 9.35 Å². The van der Waals surface area contributed by atoms with Gasteiger partial charge in [0.15, 0.2) is 0 Å². The highest BCUT2D eigenvalue weighted by Gasteiger charge is 2.24. The first kappa shape index (κ1) is 12.1. The van der Waals surface area contributed by atoms with Crippen LogP contribution >= 0.6 is 0 Å². The molecule has 0 radical (unpaired) electrons. The lowest BCUT2D eigenvalue weighted by molar-refractivity contribution is -0.122. The Hall–Kier alpha value is -0.880. The predicted molar refractivity (Wildman–Crippen MR) is 48.4 cm³/mol. The first-order valence-electron chi connectivity index (χ1n) is 3.75. The van der Waals surface area contributed by atoms with Crippen LogP contribution in [-0.2, 0) is 15.1 Å². The number of carbonyl (C=O) groups excluding carboxylic acids is 1. The number of hydrogen-bond acceptors (Lipinski definition) is 3. The molecule has 0 aliphatic heterocycles. The number of amides is 1. The minimum Gasteiger partial charge on any atom is -0.269 e. The number of rotatable bonds is 4. The fourth-order valence-corrected chi connectivity index (χ4v) is 1.52. The maximum Gasteiger partial charge on any atom is 0.362 e. The summed E-state index contributed by atoms with van der Waals surface area (Å²) in [7, 11) is -4.45. The Morgan fingerprint density at radius 1 is 1.54 bits per heavy atom. The zero-order chi connectivity index (χ0) is 10.6. The molecule has 0 rings (SSSR count). The maximum atomic E-state index is 11.2. The van der Waals surface area contributed by atoms with Crippen LogP contribution in [0.3, 0.4) is 0 Å². The Morgan fingerprint density at radius 2 is 2.00 bits per heavy atom. The molecule has 0 fully saturated rings. The summed E-state index contributed by atoms with van der Waals surface area (Å²) in [4.78, 5) is 11.2. The predicted octanol–water partition coefficient (Wildman–Crippen LogP) is 0.604. The van der Waals surface area contributed by atoms with Gasteiger partial charge in [-0.05, 0) is 13.3 Å². The highest BCUT2D eigenvalue weighted by Crippen LogP contribution is 2.05. The normalized spacial score (nSPS) is 11.0. The highest BCUT2D eigenvalue weighted by molar-refractivity contribution is 7.84. The van der Waals surface area contributed by atoms with Gasteiger partial charge in [-0.15, -0.1) is 0 Å². The smallest absolute Gasteiger partial charge is 0.269 e. The van der Waals surface area contributed by atoms with Crippen LogP contribution in [-0.4, -0.2) is 29.7 Å². The van der Waals surface area contributed by atoms with E-state index in [1.807, 2.05) is 0 Å². The second-order valence-electron chi connectivity index (χ2n) is 2.64. The second kappa shape index (κ2) is 4.38. The Morgan fingerprint density at radius 3 is 2.23 bits per heavy atom. The molecule has 1 N–H and O–H groups in total. The summed E-state index contributed by atoms with van der Waals surface area (Å²) in [5.74, 6) is -0.774. The van der Waals surface area contributed by atoms with Crippen LogP contribution < -0.4 is 0 Å². The monoisotopic (exact) mass is 207 g/mol. The summed E-state index contributed by atoms with van der Waals surface area (Å²) in [6.07, 6.45) is 0.443. The Kier molecular flexibility index (Phi) is 4.09. The maximum absolute atomic E-state index is 11.2. The van der Waals surface area contributed by atoms with Crippen LogP contribution in [0.1, 0.15) is 20.3 Å². The van der Waals surface area contributed by atoms with E-state index in [1.54, 1.807) is 6.92 Å². The molecule has 0 saturated heterocycles. The van der Waals surface area contributed by atoms with Gasteiger partial charge in [-0.25, -0.2) is 4.31 Å². The summed E-state index contributed by atoms with van der Waals surface area (Å²) in [6.45, 7) is 6.35. The molecule has 0 aromatic heterocycles. The third-order valence-electron chi connectivity index (χ3n) is 1.30. The average molecular weight is 207 g/mol. The zero-order valence-corrected chi connectivity index (χ0v) is 8.47. The van der Waals surface area contributed by atoms with Gasteiger partial charge in [-0.1, -0.05) is 13.5 Å². The molecule has 13 heavy (non-hydrogen) atoms. The SMILES string of the molecule is C=C(C)C(=O)N(CCC)S(=O)(=O)O. The van der Waals surface area contributed by atoms with Gasteiger partial charge < -0.3 is 0 Å². The molecule has 0 atom stereocenters. The zero-order valence-electron chi connectivity index (χ0n) is 7.65. The largest absolute Gasteiger partial charge is 0.362 e. The van der Waals surface area contributed by atoms with Gasteiger partial charge in [0.2, 0.25) is 0 Å². The quantitative estimate of drug-likeness (QED) is 0.541. The van der Waals surface area contributed by atoms with E-state index in [0.717, 1.165) is 0 Å². The summed E-state index contributed by atoms with van der Waals surface area (Å²) in [5.41, 5.74) is 0.0751. The van der Waals surface area contributed by atoms with Gasteiger partial charge in [-0.2, -0.15) is 8.42 Å². The van der Waals surface area contributed by atoms with Gasteiger partial charge in [0.05, 0.1) is 0 Å². The lowest BCUT2D eigenvalue weighted by Crippen LogP contribution is -2.37. The molecule has 0 unspecified atom stereocenters. The number of nitrogens with zero attached hydrogens (tertiary/aromatic N) is 1. The first-order valence-corrected chi connectivity index (χ1v) is 5.15. The molecular formula is C7H13NO4S. The lowest BCUT2D eigenvalue weighted by Gasteiger charge is -2.17. The van der Waals surface area contributed by atoms with Crippen LogP contribution in [0.15, 0.2) is 12.2 Å². The highest BCUT2D eigenvalue weighted by atomic mass is 32.2. The molecule has 76 valence electrons. The third kappa shape index (κ3) is 3.56. The van der Waals surface area contributed by atoms with E-state index < -0.39 is 16.2 Å². The van der Waals surface area contributed by atoms with Crippen molar-refractivity contribution in [1.82, 2.24) is 4.31 Å². The fourth-order valence-electron chi connectivity index (χ4n) is 0.738. The molecule has 0 aliphatic carbocycles. The minimum absolute atomic E-state index is 0.0372. The standard InChI is InChI=1S/C7H13NO4S/c1-4-5-8(13(10,11)12)7(9)6(2)3/h2,4-5H2,1,3H3,(H,10,11,12). The van der Waals surface area contributed by atoms with E-state index in [4.69, 9.17) is 4.55 Å². The number of carbonyl (C=O) groups is 1. The molecule has 0 spiro atoms. The fraction of sp³-hybridized carbons (Fsp3) is 0.571. The van der Waals surface area contributed by atoms with Crippen LogP contribution in [0.5, 0.6) is 0 Å². The Balaban J connectivity index is 4.83. The summed E-state index contributed by atoms with van der Waals surface area (Å²) in [6, 6.07) is 0. The lowest BCUT2D eigenvalue weighted by atomic mass is 10.3. The summed E-state index contributed by atoms with van der Waals surface area (Å²) < 4.78 is 30.4. The van der Waals surface area contributed by atoms with Crippen LogP contribution in [0.4, 0.5) is 0 Å². The van der Waals surface area contributed by atoms with E-state index in [-0.39, 0.29) is 12.1 Å². The summed E-state index contributed by atoms with van der Waals surface area (Å²) in [5, 5.41) is 0. The van der Waals surface area contributed by atoms with Crippen LogP contribution in [0.25, 0.3) is 0 Å². The van der Waals surface area contributed by atoms with E-state index in [0.29, 0.717) is 10.7 Å². The molecule has 6 heteroatoms. The van der Waals surface area contributed by atoms with E-state index >= 15 is 0 Å². The molecule has 0 bridgehead atoms. The van der Waals surface area contributed by atoms with E-state index in [1.165, 1.54) is 6.92 Å². The first-order chi connectivity index (χ1) is 5.80. The van der Waals surface area contributed by atoms with Crippen molar-refractivity contribution >= 4 is 16.2 Å². The van der Waals surface area contributed by atoms with E-state index in [9.17, 15) is 13.2 Å². The van der Waals surface area contributed by atoms with Crippen molar-refractivity contribution in [3.8, 4) is 0 Å². The van der Waals surface area contributed by atoms with E-state index in [2.05, 4.69) is 6.58 Å². The van der Waals surface area contributed by atoms with Gasteiger partial charge in [0.1, 0.15) is 0 Å². The minimum atomic E-state index is -4.45. The van der Waals surface area contributed by atoms with Crippen molar-refractivity contribution in [1.29, 1.82) is 0 Å². The van der Waals surface area contributed by atoms with Crippen molar-refractivity contribution < 1.29 is 17.8 Å². The van der Waals surface area contributed by atoms with Crippen LogP contribution in [0, 0.1) is 0 Å². The third-order valence-corrected chi connectivity index (χ3v) is 2.20. The molecule has 0 heterocycles. The Bertz CT molecular complexity index is 306. The molecule has 1 amide bonds. The average Bonchev–Trinajstić information content (AvgIpc) is 1.96. The van der Waals surface area contributed by atoms with Crippen LogP contribution in [0.2, 0.25) is 0 Å². The molecule has 0 aromatic rings. The molecular weight excluding hydrogens is 194 g/mol. The summed E-state index contributed by atoms with van der Waals surface area (Å²) >= 11 is 0. The van der Waals surface area contributed by atoms with Gasteiger partial charge in [0, 0.05) is 12.1 Å². The van der Waals surface area contributed by atoms with Crippen molar-refractivity contribution in [2.75, 3.05) is 6.54 Å². The van der Waals surface area contributed by atoms with Gasteiger partial charge >= 0.3 is 10.3 Å². The molecule has 0 saturated carbocycles. The molecule has 5 nitrogen and oxygen atoms in total. The molecule has 0 aromatic carbocycles. The second-order valence-corrected chi connectivity index (χ2v) is 3.97. The number of hydrogen-bond donors (Lipinski definition) is 1. The molecule has 0 aliphatic rings. The van der Waals surface area contributed by atoms with Crippen molar-refractivity contribution in [2.24, 2.45) is 0 Å². The Labute approximate surface area is 77.9 Å². The van der Waals surface area contributed by atoms with Crippen molar-refractivity contribution in [2.45, 2.75) is 20.3 Å². The topological polar surface area (TPSA) is 74.7 Å². The van der Waals surface area contributed by atoms with Crippen molar-refractivity contribution in [3.05, 3.63) is 12.2 Å². The van der Waals surface area contributed by atoms with Gasteiger partial charge in [0.25, 0.3) is 5.91 Å². The van der Waals surface area contributed by atoms with Crippen molar-refractivity contribution in [3.63, 3.8) is 0 Å².